The fourth-order valence-electron chi connectivity index (χ4n) is 14.6. The van der Waals surface area contributed by atoms with Gasteiger partial charge in [-0.15, -0.1) is 0 Å². The fourth-order valence-corrected chi connectivity index (χ4v) is 14.6. The van der Waals surface area contributed by atoms with Gasteiger partial charge in [0.15, 0.2) is 24.8 Å². The summed E-state index contributed by atoms with van der Waals surface area (Å²) in [5.41, 5.74) is 32.9. The van der Waals surface area contributed by atoms with Crippen molar-refractivity contribution < 1.29 is 18.3 Å². The molecular formula is C93H102N4+4. The number of hydrogen-bond acceptors (Lipinski definition) is 0. The third-order valence-corrected chi connectivity index (χ3v) is 20.3. The van der Waals surface area contributed by atoms with E-state index in [2.05, 4.69) is 363 Å². The van der Waals surface area contributed by atoms with Crippen molar-refractivity contribution in [3.8, 4) is 89.5 Å². The van der Waals surface area contributed by atoms with Crippen LogP contribution in [0.5, 0.6) is 0 Å². The Morgan fingerprint density at radius 3 is 0.918 bits per heavy atom. The van der Waals surface area contributed by atoms with Gasteiger partial charge in [0.1, 0.15) is 28.2 Å². The third-order valence-electron chi connectivity index (χ3n) is 20.3. The molecule has 4 heteroatoms. The van der Waals surface area contributed by atoms with E-state index in [1.807, 2.05) is 0 Å². The van der Waals surface area contributed by atoms with Crippen LogP contribution in [-0.2, 0) is 34.6 Å². The van der Waals surface area contributed by atoms with E-state index in [1.165, 1.54) is 197 Å². The number of benzene rings is 8. The van der Waals surface area contributed by atoms with E-state index in [1.54, 1.807) is 0 Å². The maximum absolute atomic E-state index is 2.42. The lowest BCUT2D eigenvalue weighted by Crippen LogP contribution is -2.30. The van der Waals surface area contributed by atoms with Crippen molar-refractivity contribution in [2.45, 2.75) is 131 Å². The number of nitrogens with zero attached hydrogens (tertiary/aromatic N) is 4. The highest BCUT2D eigenvalue weighted by molar-refractivity contribution is 5.71. The minimum atomic E-state index is 0.680. The quantitative estimate of drug-likeness (QED) is 0.108. The summed E-state index contributed by atoms with van der Waals surface area (Å²) >= 11 is 0. The van der Waals surface area contributed by atoms with Crippen molar-refractivity contribution in [3.05, 3.63) is 311 Å². The lowest BCUT2D eigenvalue weighted by molar-refractivity contribution is -0.660. The third kappa shape index (κ3) is 17.3. The molecule has 0 radical (unpaired) electrons. The van der Waals surface area contributed by atoms with E-state index < -0.39 is 0 Å². The Morgan fingerprint density at radius 2 is 0.588 bits per heavy atom. The first kappa shape index (κ1) is 68.7. The van der Waals surface area contributed by atoms with Gasteiger partial charge in [0, 0.05) is 68.8 Å². The lowest BCUT2D eigenvalue weighted by Gasteiger charge is -2.22. The van der Waals surface area contributed by atoms with Crippen molar-refractivity contribution >= 4 is 0 Å². The molecule has 97 heavy (non-hydrogen) atoms. The number of hydrogen-bond donors (Lipinski definition) is 0. The van der Waals surface area contributed by atoms with E-state index in [0.717, 1.165) is 18.3 Å². The average Bonchev–Trinajstić information content (AvgIpc) is 1.56. The summed E-state index contributed by atoms with van der Waals surface area (Å²) in [5.74, 6) is 2.20. The van der Waals surface area contributed by atoms with Gasteiger partial charge < -0.3 is 0 Å². The first-order valence-electron chi connectivity index (χ1n) is 35.7. The molecule has 2 fully saturated rings. The fraction of sp³-hybridized carbons (Fsp3) is 0.269. The van der Waals surface area contributed by atoms with E-state index in [9.17, 15) is 0 Å². The molecule has 4 heterocycles. The normalized spacial score (nSPS) is 13.0. The predicted molar refractivity (Wildman–Crippen MR) is 408 cm³/mol. The Bertz CT molecular complexity index is 4650. The van der Waals surface area contributed by atoms with E-state index >= 15 is 0 Å². The average molecular weight is 1280 g/mol. The van der Waals surface area contributed by atoms with Gasteiger partial charge in [-0.25, -0.2) is 18.3 Å². The number of pyridine rings is 4. The number of aryl methyl sites for hydroxylation is 10. The molecule has 0 N–H and O–H groups in total. The Labute approximate surface area is 581 Å². The summed E-state index contributed by atoms with van der Waals surface area (Å²) in [7, 11) is 8.54. The topological polar surface area (TPSA) is 15.5 Å². The largest absolute Gasteiger partial charge is 0.212 e. The first-order valence-corrected chi connectivity index (χ1v) is 35.7. The Hall–Kier alpha value is -9.64. The summed E-state index contributed by atoms with van der Waals surface area (Å²) in [6.45, 7) is 17.5. The summed E-state index contributed by atoms with van der Waals surface area (Å²) in [6.07, 6.45) is 22.4. The molecule has 12 aromatic rings. The zero-order valence-corrected chi connectivity index (χ0v) is 59.9. The molecule has 0 amide bonds. The molecule has 0 atom stereocenters. The van der Waals surface area contributed by atoms with Gasteiger partial charge in [0.25, 0.3) is 0 Å². The van der Waals surface area contributed by atoms with Gasteiger partial charge in [-0.05, 0) is 212 Å². The zero-order valence-electron chi connectivity index (χ0n) is 59.9. The van der Waals surface area contributed by atoms with Crippen molar-refractivity contribution in [2.24, 2.45) is 34.1 Å². The van der Waals surface area contributed by atoms with Crippen molar-refractivity contribution in [2.75, 3.05) is 0 Å². The molecule has 0 bridgehead atoms. The van der Waals surface area contributed by atoms with Crippen LogP contribution in [0.3, 0.4) is 0 Å². The van der Waals surface area contributed by atoms with Crippen LogP contribution in [0.15, 0.2) is 261 Å². The molecule has 2 aliphatic carbocycles. The predicted octanol–water partition coefficient (Wildman–Crippen LogP) is 22.1. The Morgan fingerprint density at radius 1 is 0.278 bits per heavy atom. The van der Waals surface area contributed by atoms with Gasteiger partial charge in [-0.2, -0.15) is 0 Å². The molecule has 14 rings (SSSR count). The second kappa shape index (κ2) is 32.4. The minimum Gasteiger partial charge on any atom is -0.200 e. The zero-order chi connectivity index (χ0) is 68.0. The standard InChI is InChI=1S/C25H28N.C24H26N.C23H26N.C21H22N/c1-19-9-6-7-14-24(19)25-16-15-23(18-26(25)2)22-13-8-12-21(17-22)20-10-4-3-5-11-20;1-18-8-3-6-13-23(18)24-15-14-22(17-25(24)2)21-12-7-11-20(16-21)19-9-4-5-10-19;1-17(2)14-19-9-7-10-20(15-19)21-12-13-23(24(4)16-21)22-11-6-5-8-18(22)3;1-15-9-10-18(13-17(15)3)19-11-12-21(22(4)14-19)20-8-6-5-7-16(20)2/h6-9,12-18,20H,3-5,10-11H2,1-2H3;3,6-8,11-17,19H,4-5,9-10H2,1-2H3;5-13,15-17H,14H2,1-4H3;5-14H,1-4H3/q4*+1. The molecular weight excluding hydrogens is 1170 g/mol. The Balaban J connectivity index is 0.000000131. The summed E-state index contributed by atoms with van der Waals surface area (Å²) in [4.78, 5) is 0. The molecule has 0 saturated heterocycles. The highest BCUT2D eigenvalue weighted by Gasteiger charge is 2.22. The molecule has 4 nitrogen and oxygen atoms in total. The molecule has 0 spiro atoms. The van der Waals surface area contributed by atoms with Crippen LogP contribution in [0.1, 0.15) is 134 Å². The van der Waals surface area contributed by atoms with Crippen molar-refractivity contribution in [1.82, 2.24) is 0 Å². The lowest BCUT2D eigenvalue weighted by atomic mass is 9.83. The smallest absolute Gasteiger partial charge is 0.200 e. The molecule has 2 aliphatic rings. The van der Waals surface area contributed by atoms with Crippen molar-refractivity contribution in [3.63, 3.8) is 0 Å². The van der Waals surface area contributed by atoms with E-state index in [0.29, 0.717) is 5.92 Å². The molecule has 2 saturated carbocycles. The highest BCUT2D eigenvalue weighted by Crippen LogP contribution is 2.38. The maximum Gasteiger partial charge on any atom is 0.212 e. The van der Waals surface area contributed by atoms with Crippen LogP contribution in [0.2, 0.25) is 0 Å². The van der Waals surface area contributed by atoms with Crippen LogP contribution >= 0.6 is 0 Å². The number of aromatic nitrogens is 4. The van der Waals surface area contributed by atoms with E-state index in [-0.39, 0.29) is 0 Å². The number of rotatable bonds is 12. The van der Waals surface area contributed by atoms with Crippen LogP contribution in [-0.4, -0.2) is 0 Å². The summed E-state index contributed by atoms with van der Waals surface area (Å²) in [6, 6.07) is 86.1. The monoisotopic (exact) mass is 1270 g/mol. The first-order chi connectivity index (χ1) is 47.0. The second-order valence-corrected chi connectivity index (χ2v) is 28.1. The summed E-state index contributed by atoms with van der Waals surface area (Å²) in [5, 5.41) is 0. The second-order valence-electron chi connectivity index (χ2n) is 28.1. The SMILES string of the molecule is Cc1ccc(-c2ccc(-c3ccccc3C)[n+](C)c2)cc1C.Cc1ccccc1-c1ccc(-c2cccc(C3CCCC3)c2)c[n+]1C.Cc1ccccc1-c1ccc(-c2cccc(C3CCCCC3)c2)c[n+]1C.Cc1ccccc1-c1ccc(-c2cccc(CC(C)C)c2)c[n+]1C. The van der Waals surface area contributed by atoms with Gasteiger partial charge in [-0.1, -0.05) is 210 Å². The minimum absolute atomic E-state index is 0.680. The van der Waals surface area contributed by atoms with Crippen LogP contribution < -0.4 is 18.3 Å². The van der Waals surface area contributed by atoms with Gasteiger partial charge in [0.2, 0.25) is 22.8 Å². The van der Waals surface area contributed by atoms with Crippen LogP contribution in [0.4, 0.5) is 0 Å². The Kier molecular flexibility index (Phi) is 23.0. The van der Waals surface area contributed by atoms with Gasteiger partial charge in [-0.3, -0.25) is 0 Å². The maximum atomic E-state index is 2.42. The van der Waals surface area contributed by atoms with Gasteiger partial charge in [0.05, 0.1) is 0 Å². The molecule has 0 aliphatic heterocycles. The van der Waals surface area contributed by atoms with Gasteiger partial charge >= 0.3 is 0 Å². The van der Waals surface area contributed by atoms with E-state index in [4.69, 9.17) is 0 Å². The summed E-state index contributed by atoms with van der Waals surface area (Å²) < 4.78 is 8.95. The molecule has 0 unspecified atom stereocenters. The molecule has 4 aromatic heterocycles. The van der Waals surface area contributed by atoms with Crippen molar-refractivity contribution in [1.29, 1.82) is 0 Å². The molecule has 8 aromatic carbocycles. The van der Waals surface area contributed by atoms with Crippen LogP contribution in [0, 0.1) is 47.5 Å². The molecule has 490 valence electrons. The van der Waals surface area contributed by atoms with Crippen LogP contribution in [0.25, 0.3) is 89.5 Å². The highest BCUT2D eigenvalue weighted by atomic mass is 14.9.